The standard InChI is InChI=1S/C9H11BrO2/c1-6-3-7(5-11)4-8(10)9(6)12-2/h3-4,11H,5H2,1-2H3. The first-order valence-electron chi connectivity index (χ1n) is 3.63. The highest BCUT2D eigenvalue weighted by molar-refractivity contribution is 9.10. The molecule has 66 valence electrons. The lowest BCUT2D eigenvalue weighted by atomic mass is 10.1. The van der Waals surface area contributed by atoms with E-state index in [0.717, 1.165) is 21.3 Å². The average molecular weight is 231 g/mol. The Labute approximate surface area is 80.3 Å². The molecule has 0 fully saturated rings. The Morgan fingerprint density at radius 3 is 2.58 bits per heavy atom. The van der Waals surface area contributed by atoms with Crippen molar-refractivity contribution in [3.8, 4) is 5.75 Å². The number of hydrogen-bond acceptors (Lipinski definition) is 2. The summed E-state index contributed by atoms with van der Waals surface area (Å²) < 4.78 is 6.03. The minimum absolute atomic E-state index is 0.0590. The van der Waals surface area contributed by atoms with Crippen molar-refractivity contribution >= 4 is 15.9 Å². The van der Waals surface area contributed by atoms with Gasteiger partial charge in [-0.25, -0.2) is 0 Å². The number of aliphatic hydroxyl groups excluding tert-OH is 1. The molecule has 0 atom stereocenters. The summed E-state index contributed by atoms with van der Waals surface area (Å²) in [5, 5.41) is 8.89. The molecule has 0 radical (unpaired) electrons. The molecule has 0 heterocycles. The van der Waals surface area contributed by atoms with Gasteiger partial charge in [0.2, 0.25) is 0 Å². The summed E-state index contributed by atoms with van der Waals surface area (Å²) in [5.41, 5.74) is 1.91. The highest BCUT2D eigenvalue weighted by Gasteiger charge is 2.05. The van der Waals surface area contributed by atoms with E-state index in [4.69, 9.17) is 9.84 Å². The number of hydrogen-bond donors (Lipinski definition) is 1. The van der Waals surface area contributed by atoms with E-state index in [-0.39, 0.29) is 6.61 Å². The lowest BCUT2D eigenvalue weighted by molar-refractivity contribution is 0.281. The first-order chi connectivity index (χ1) is 5.69. The zero-order chi connectivity index (χ0) is 9.14. The van der Waals surface area contributed by atoms with Crippen molar-refractivity contribution in [2.75, 3.05) is 7.11 Å². The normalized spacial score (nSPS) is 10.0. The van der Waals surface area contributed by atoms with Gasteiger partial charge in [-0.2, -0.15) is 0 Å². The van der Waals surface area contributed by atoms with E-state index in [1.807, 2.05) is 19.1 Å². The monoisotopic (exact) mass is 230 g/mol. The average Bonchev–Trinajstić information content (AvgIpc) is 2.03. The summed E-state index contributed by atoms with van der Waals surface area (Å²) in [6.07, 6.45) is 0. The first-order valence-corrected chi connectivity index (χ1v) is 4.42. The molecule has 0 aromatic heterocycles. The van der Waals surface area contributed by atoms with Crippen molar-refractivity contribution in [1.29, 1.82) is 0 Å². The van der Waals surface area contributed by atoms with E-state index in [1.54, 1.807) is 7.11 Å². The van der Waals surface area contributed by atoms with Gasteiger partial charge in [-0.15, -0.1) is 0 Å². The molecule has 1 aromatic carbocycles. The van der Waals surface area contributed by atoms with Gasteiger partial charge in [-0.05, 0) is 40.0 Å². The Hall–Kier alpha value is -0.540. The van der Waals surface area contributed by atoms with Crippen LogP contribution in [0.4, 0.5) is 0 Å². The third-order valence-electron chi connectivity index (χ3n) is 1.68. The fourth-order valence-corrected chi connectivity index (χ4v) is 1.92. The Kier molecular flexibility index (Phi) is 3.12. The molecule has 0 amide bonds. The predicted octanol–water partition coefficient (Wildman–Crippen LogP) is 2.26. The summed E-state index contributed by atoms with van der Waals surface area (Å²) in [7, 11) is 1.63. The van der Waals surface area contributed by atoms with E-state index >= 15 is 0 Å². The SMILES string of the molecule is COc1c(C)cc(CO)cc1Br. The fraction of sp³-hybridized carbons (Fsp3) is 0.333. The highest BCUT2D eigenvalue weighted by atomic mass is 79.9. The van der Waals surface area contributed by atoms with E-state index < -0.39 is 0 Å². The van der Waals surface area contributed by atoms with Gasteiger partial charge >= 0.3 is 0 Å². The maximum atomic E-state index is 8.89. The zero-order valence-corrected chi connectivity index (χ0v) is 8.68. The summed E-state index contributed by atoms with van der Waals surface area (Å²) in [6, 6.07) is 3.76. The van der Waals surface area contributed by atoms with E-state index in [9.17, 15) is 0 Å². The van der Waals surface area contributed by atoms with Crippen molar-refractivity contribution < 1.29 is 9.84 Å². The van der Waals surface area contributed by atoms with Crippen LogP contribution in [-0.4, -0.2) is 12.2 Å². The second kappa shape index (κ2) is 3.92. The van der Waals surface area contributed by atoms with Crippen LogP contribution in [0.1, 0.15) is 11.1 Å². The highest BCUT2D eigenvalue weighted by Crippen LogP contribution is 2.29. The van der Waals surface area contributed by atoms with Gasteiger partial charge in [0.05, 0.1) is 18.2 Å². The molecular weight excluding hydrogens is 220 g/mol. The number of halogens is 1. The van der Waals surface area contributed by atoms with Crippen LogP contribution < -0.4 is 4.74 Å². The van der Waals surface area contributed by atoms with Crippen LogP contribution in [0, 0.1) is 6.92 Å². The molecule has 3 heteroatoms. The third-order valence-corrected chi connectivity index (χ3v) is 2.26. The first kappa shape index (κ1) is 9.55. The van der Waals surface area contributed by atoms with E-state index in [2.05, 4.69) is 15.9 Å². The summed E-state index contributed by atoms with van der Waals surface area (Å²) in [6.45, 7) is 2.01. The minimum Gasteiger partial charge on any atom is -0.495 e. The van der Waals surface area contributed by atoms with Gasteiger partial charge in [-0.3, -0.25) is 0 Å². The van der Waals surface area contributed by atoms with Crippen LogP contribution in [-0.2, 0) is 6.61 Å². The van der Waals surface area contributed by atoms with Gasteiger partial charge in [0.15, 0.2) is 0 Å². The Morgan fingerprint density at radius 1 is 1.50 bits per heavy atom. The molecule has 2 nitrogen and oxygen atoms in total. The molecular formula is C9H11BrO2. The number of ether oxygens (including phenoxy) is 1. The smallest absolute Gasteiger partial charge is 0.135 e. The van der Waals surface area contributed by atoms with Crippen LogP contribution in [0.5, 0.6) is 5.75 Å². The van der Waals surface area contributed by atoms with Gasteiger partial charge in [0.1, 0.15) is 5.75 Å². The van der Waals surface area contributed by atoms with Crippen molar-refractivity contribution in [2.24, 2.45) is 0 Å². The molecule has 0 aliphatic heterocycles. The van der Waals surface area contributed by atoms with Crippen molar-refractivity contribution in [3.63, 3.8) is 0 Å². The largest absolute Gasteiger partial charge is 0.495 e. The molecule has 0 saturated carbocycles. The van der Waals surface area contributed by atoms with E-state index in [0.29, 0.717) is 0 Å². The lowest BCUT2D eigenvalue weighted by Gasteiger charge is -2.08. The lowest BCUT2D eigenvalue weighted by Crippen LogP contribution is -1.91. The Balaban J connectivity index is 3.18. The summed E-state index contributed by atoms with van der Waals surface area (Å²) >= 11 is 3.36. The van der Waals surface area contributed by atoms with Crippen LogP contribution in [0.3, 0.4) is 0 Å². The van der Waals surface area contributed by atoms with Crippen LogP contribution in [0.2, 0.25) is 0 Å². The predicted molar refractivity (Wildman–Crippen MR) is 51.4 cm³/mol. The second-order valence-corrected chi connectivity index (χ2v) is 3.44. The fourth-order valence-electron chi connectivity index (χ4n) is 1.15. The Bertz CT molecular complexity index is 261. The van der Waals surface area contributed by atoms with Gasteiger partial charge in [0, 0.05) is 0 Å². The molecule has 0 saturated heterocycles. The Morgan fingerprint density at radius 2 is 2.17 bits per heavy atom. The maximum Gasteiger partial charge on any atom is 0.135 e. The summed E-state index contributed by atoms with van der Waals surface area (Å²) in [4.78, 5) is 0. The molecule has 1 N–H and O–H groups in total. The molecule has 0 bridgehead atoms. The van der Waals surface area contributed by atoms with Crippen molar-refractivity contribution in [2.45, 2.75) is 13.5 Å². The zero-order valence-electron chi connectivity index (χ0n) is 7.10. The van der Waals surface area contributed by atoms with Gasteiger partial charge in [0.25, 0.3) is 0 Å². The number of aliphatic hydroxyl groups is 1. The van der Waals surface area contributed by atoms with Crippen molar-refractivity contribution in [1.82, 2.24) is 0 Å². The van der Waals surface area contributed by atoms with Crippen LogP contribution >= 0.6 is 15.9 Å². The van der Waals surface area contributed by atoms with Crippen LogP contribution in [0.15, 0.2) is 16.6 Å². The minimum atomic E-state index is 0.0590. The van der Waals surface area contributed by atoms with Gasteiger partial charge < -0.3 is 9.84 Å². The molecule has 1 rings (SSSR count). The molecule has 1 aromatic rings. The topological polar surface area (TPSA) is 29.5 Å². The maximum absolute atomic E-state index is 8.89. The molecule has 0 spiro atoms. The molecule has 0 aliphatic rings. The quantitative estimate of drug-likeness (QED) is 0.845. The second-order valence-electron chi connectivity index (χ2n) is 2.59. The van der Waals surface area contributed by atoms with E-state index in [1.165, 1.54) is 0 Å². The molecule has 12 heavy (non-hydrogen) atoms. The molecule has 0 unspecified atom stereocenters. The van der Waals surface area contributed by atoms with Gasteiger partial charge in [-0.1, -0.05) is 6.07 Å². The number of methoxy groups -OCH3 is 1. The van der Waals surface area contributed by atoms with Crippen LogP contribution in [0.25, 0.3) is 0 Å². The number of benzene rings is 1. The number of rotatable bonds is 2. The third kappa shape index (κ3) is 1.79. The summed E-state index contributed by atoms with van der Waals surface area (Å²) in [5.74, 6) is 0.826. The number of aryl methyl sites for hydroxylation is 1. The van der Waals surface area contributed by atoms with Crippen molar-refractivity contribution in [3.05, 3.63) is 27.7 Å². The molecule has 0 aliphatic carbocycles.